The first-order chi connectivity index (χ1) is 9.09. The van der Waals surface area contributed by atoms with Gasteiger partial charge in [0, 0.05) is 22.7 Å². The molecule has 1 fully saturated rings. The molecule has 0 spiro atoms. The van der Waals surface area contributed by atoms with Gasteiger partial charge in [-0.2, -0.15) is 0 Å². The van der Waals surface area contributed by atoms with Gasteiger partial charge in [0.25, 0.3) is 5.91 Å². The van der Waals surface area contributed by atoms with E-state index < -0.39 is 0 Å². The van der Waals surface area contributed by atoms with Crippen molar-refractivity contribution in [2.24, 2.45) is 0 Å². The molecule has 3 rings (SSSR count). The Hall–Kier alpha value is -1.26. The lowest BCUT2D eigenvalue weighted by atomic mass is 10.2. The number of fused-ring (bicyclic) bond motifs is 1. The van der Waals surface area contributed by atoms with Gasteiger partial charge >= 0.3 is 0 Å². The first-order valence-corrected chi connectivity index (χ1v) is 7.56. The Balaban J connectivity index is 2.08. The quantitative estimate of drug-likeness (QED) is 0.870. The first-order valence-electron chi connectivity index (χ1n) is 6.37. The van der Waals surface area contributed by atoms with E-state index in [-0.39, 0.29) is 5.91 Å². The Morgan fingerprint density at radius 3 is 2.95 bits per heavy atom. The number of carbonyl (C=O) groups is 1. The van der Waals surface area contributed by atoms with Gasteiger partial charge in [-0.05, 0) is 31.9 Å². The van der Waals surface area contributed by atoms with Crippen molar-refractivity contribution in [3.63, 3.8) is 0 Å². The first kappa shape index (κ1) is 12.8. The zero-order valence-corrected chi connectivity index (χ0v) is 12.2. The van der Waals surface area contributed by atoms with E-state index in [1.54, 1.807) is 6.07 Å². The average Bonchev–Trinajstić information content (AvgIpc) is 2.94. The molecule has 1 aliphatic rings. The van der Waals surface area contributed by atoms with E-state index in [4.69, 9.17) is 17.3 Å². The third-order valence-electron chi connectivity index (χ3n) is 3.71. The summed E-state index contributed by atoms with van der Waals surface area (Å²) < 4.78 is 0.972. The Morgan fingerprint density at radius 1 is 1.53 bits per heavy atom. The highest BCUT2D eigenvalue weighted by molar-refractivity contribution is 7.21. The molecular weight excluding hydrogens is 280 g/mol. The zero-order valence-electron chi connectivity index (χ0n) is 10.6. The molecule has 2 heterocycles. The van der Waals surface area contributed by atoms with Crippen molar-refractivity contribution in [3.8, 4) is 0 Å². The molecule has 19 heavy (non-hydrogen) atoms. The van der Waals surface area contributed by atoms with E-state index >= 15 is 0 Å². The summed E-state index contributed by atoms with van der Waals surface area (Å²) in [6.45, 7) is 2.91. The van der Waals surface area contributed by atoms with Gasteiger partial charge in [0.1, 0.15) is 4.88 Å². The number of thiophene rings is 1. The van der Waals surface area contributed by atoms with Crippen LogP contribution in [0.25, 0.3) is 10.1 Å². The molecule has 0 saturated carbocycles. The van der Waals surface area contributed by atoms with Crippen molar-refractivity contribution >= 4 is 44.6 Å². The molecule has 1 saturated heterocycles. The maximum atomic E-state index is 12.6. The molecule has 1 aromatic heterocycles. The number of anilines is 1. The highest BCUT2D eigenvalue weighted by Crippen LogP contribution is 2.39. The molecular formula is C14H15ClN2OS. The Labute approximate surface area is 121 Å². The molecule has 0 aliphatic carbocycles. The van der Waals surface area contributed by atoms with Crippen LogP contribution in [0.1, 0.15) is 29.4 Å². The number of amides is 1. The Morgan fingerprint density at radius 2 is 2.32 bits per heavy atom. The second kappa shape index (κ2) is 4.69. The number of nitrogens with zero attached hydrogens (tertiary/aromatic N) is 1. The van der Waals surface area contributed by atoms with Crippen LogP contribution in [0.3, 0.4) is 0 Å². The molecule has 2 N–H and O–H groups in total. The molecule has 1 atom stereocenters. The number of rotatable bonds is 1. The van der Waals surface area contributed by atoms with Crippen LogP contribution in [-0.2, 0) is 0 Å². The number of hydrogen-bond acceptors (Lipinski definition) is 3. The van der Waals surface area contributed by atoms with Gasteiger partial charge in [-0.3, -0.25) is 4.79 Å². The van der Waals surface area contributed by atoms with Gasteiger partial charge in [0.2, 0.25) is 0 Å². The van der Waals surface area contributed by atoms with Crippen LogP contribution in [0.15, 0.2) is 18.2 Å². The van der Waals surface area contributed by atoms with Crippen LogP contribution in [0.2, 0.25) is 5.02 Å². The summed E-state index contributed by atoms with van der Waals surface area (Å²) in [5, 5.41) is 1.42. The smallest absolute Gasteiger partial charge is 0.266 e. The van der Waals surface area contributed by atoms with E-state index in [1.807, 2.05) is 17.0 Å². The van der Waals surface area contributed by atoms with Crippen LogP contribution in [0.4, 0.5) is 5.69 Å². The molecule has 3 nitrogen and oxygen atoms in total. The zero-order chi connectivity index (χ0) is 13.6. The summed E-state index contributed by atoms with van der Waals surface area (Å²) in [5.74, 6) is 0.0415. The fraction of sp³-hybridized carbons (Fsp3) is 0.357. The van der Waals surface area contributed by atoms with Crippen LogP contribution >= 0.6 is 22.9 Å². The van der Waals surface area contributed by atoms with Gasteiger partial charge in [-0.15, -0.1) is 11.3 Å². The minimum atomic E-state index is 0.0415. The molecule has 5 heteroatoms. The Kier molecular flexibility index (Phi) is 3.15. The van der Waals surface area contributed by atoms with E-state index in [9.17, 15) is 4.79 Å². The van der Waals surface area contributed by atoms with Crippen LogP contribution in [0.5, 0.6) is 0 Å². The number of carbonyl (C=O) groups excluding carboxylic acids is 1. The number of nitrogen functional groups attached to an aromatic ring is 1. The second-order valence-electron chi connectivity index (χ2n) is 4.95. The monoisotopic (exact) mass is 294 g/mol. The van der Waals surface area contributed by atoms with Crippen LogP contribution in [-0.4, -0.2) is 23.4 Å². The van der Waals surface area contributed by atoms with E-state index in [0.29, 0.717) is 21.6 Å². The number of nitrogens with two attached hydrogens (primary N) is 1. The topological polar surface area (TPSA) is 46.3 Å². The molecule has 1 aliphatic heterocycles. The minimum absolute atomic E-state index is 0.0415. The summed E-state index contributed by atoms with van der Waals surface area (Å²) in [4.78, 5) is 15.1. The van der Waals surface area contributed by atoms with Crippen molar-refractivity contribution in [1.29, 1.82) is 0 Å². The SMILES string of the molecule is CC1CCCN1C(=O)c1sc2cccc(Cl)c2c1N. The maximum absolute atomic E-state index is 12.6. The molecule has 1 aromatic carbocycles. The molecule has 0 bridgehead atoms. The lowest BCUT2D eigenvalue weighted by molar-refractivity contribution is 0.0753. The normalized spacial score (nSPS) is 19.3. The largest absolute Gasteiger partial charge is 0.397 e. The van der Waals surface area contributed by atoms with Gasteiger partial charge in [-0.25, -0.2) is 0 Å². The number of halogens is 1. The second-order valence-corrected chi connectivity index (χ2v) is 6.41. The third kappa shape index (κ3) is 1.99. The van der Waals surface area contributed by atoms with E-state index in [1.165, 1.54) is 11.3 Å². The summed E-state index contributed by atoms with van der Waals surface area (Å²) >= 11 is 7.60. The predicted octanol–water partition coefficient (Wildman–Crippen LogP) is 3.76. The molecule has 1 amide bonds. The van der Waals surface area contributed by atoms with Crippen molar-refractivity contribution < 1.29 is 4.79 Å². The molecule has 100 valence electrons. The lowest BCUT2D eigenvalue weighted by Gasteiger charge is -2.20. The lowest BCUT2D eigenvalue weighted by Crippen LogP contribution is -2.33. The van der Waals surface area contributed by atoms with Gasteiger partial charge < -0.3 is 10.6 Å². The summed E-state index contributed by atoms with van der Waals surface area (Å²) in [6.07, 6.45) is 2.13. The van der Waals surface area contributed by atoms with Gasteiger partial charge in [0.05, 0.1) is 10.7 Å². The average molecular weight is 295 g/mol. The van der Waals surface area contributed by atoms with Gasteiger partial charge in [0.15, 0.2) is 0 Å². The molecule has 2 aromatic rings. The van der Waals surface area contributed by atoms with E-state index in [0.717, 1.165) is 29.5 Å². The molecule has 1 unspecified atom stereocenters. The van der Waals surface area contributed by atoms with Crippen LogP contribution in [0, 0.1) is 0 Å². The highest BCUT2D eigenvalue weighted by Gasteiger charge is 2.29. The standard InChI is InChI=1S/C14H15ClN2OS/c1-8-4-3-7-17(8)14(18)13-12(16)11-9(15)5-2-6-10(11)19-13/h2,5-6,8H,3-4,7,16H2,1H3. The number of hydrogen-bond donors (Lipinski definition) is 1. The maximum Gasteiger partial charge on any atom is 0.266 e. The Bertz CT molecular complexity index is 652. The predicted molar refractivity (Wildman–Crippen MR) is 81.0 cm³/mol. The third-order valence-corrected chi connectivity index (χ3v) is 5.18. The summed E-state index contributed by atoms with van der Waals surface area (Å²) in [5.41, 5.74) is 6.66. The van der Waals surface area contributed by atoms with Crippen molar-refractivity contribution in [1.82, 2.24) is 4.90 Å². The summed E-state index contributed by atoms with van der Waals surface area (Å²) in [6, 6.07) is 5.94. The fourth-order valence-electron chi connectivity index (χ4n) is 2.65. The van der Waals surface area contributed by atoms with Crippen LogP contribution < -0.4 is 5.73 Å². The molecule has 0 radical (unpaired) electrons. The number of likely N-dealkylation sites (tertiary alicyclic amines) is 1. The minimum Gasteiger partial charge on any atom is -0.397 e. The summed E-state index contributed by atoms with van der Waals surface area (Å²) in [7, 11) is 0. The van der Waals surface area contributed by atoms with E-state index in [2.05, 4.69) is 6.92 Å². The van der Waals surface area contributed by atoms with Gasteiger partial charge in [-0.1, -0.05) is 17.7 Å². The fourth-order valence-corrected chi connectivity index (χ4v) is 4.09. The van der Waals surface area contributed by atoms with Crippen molar-refractivity contribution in [3.05, 3.63) is 28.1 Å². The highest BCUT2D eigenvalue weighted by atomic mass is 35.5. The number of benzene rings is 1. The van der Waals surface area contributed by atoms with Crippen molar-refractivity contribution in [2.75, 3.05) is 12.3 Å². The van der Waals surface area contributed by atoms with Crippen molar-refractivity contribution in [2.45, 2.75) is 25.8 Å².